The van der Waals surface area contributed by atoms with E-state index in [4.69, 9.17) is 9.47 Å². The Balaban J connectivity index is 2.26. The first-order chi connectivity index (χ1) is 6.85. The summed E-state index contributed by atoms with van der Waals surface area (Å²) in [4.78, 5) is 4.09. The lowest BCUT2D eigenvalue weighted by molar-refractivity contribution is 0.295. The molecule has 1 aromatic rings. The summed E-state index contributed by atoms with van der Waals surface area (Å²) in [6.45, 7) is 2.09. The maximum Gasteiger partial charge on any atom is 0.144 e. The Morgan fingerprint density at radius 3 is 2.64 bits per heavy atom. The summed E-state index contributed by atoms with van der Waals surface area (Å²) in [5.41, 5.74) is 1.12. The molecule has 0 unspecified atom stereocenters. The molecule has 3 heteroatoms. The summed E-state index contributed by atoms with van der Waals surface area (Å²) in [6.07, 6.45) is 7.17. The quantitative estimate of drug-likeness (QED) is 0.734. The van der Waals surface area contributed by atoms with E-state index in [0.29, 0.717) is 6.10 Å². The number of hydrogen-bond donors (Lipinski definition) is 0. The molecule has 1 aliphatic rings. The molecule has 76 valence electrons. The predicted molar refractivity (Wildman–Crippen MR) is 53.8 cm³/mol. The lowest BCUT2D eigenvalue weighted by Gasteiger charge is -2.12. The normalized spacial score (nSPS) is 15.3. The lowest BCUT2D eigenvalue weighted by Crippen LogP contribution is -2.01. The third kappa shape index (κ3) is 1.81. The van der Waals surface area contributed by atoms with Crippen molar-refractivity contribution in [1.82, 2.24) is 4.98 Å². The largest absolute Gasteiger partial charge is 0.495 e. The van der Waals surface area contributed by atoms with Gasteiger partial charge >= 0.3 is 0 Å². The number of hydrogen-bond acceptors (Lipinski definition) is 3. The van der Waals surface area contributed by atoms with Crippen molar-refractivity contribution in [3.8, 4) is 11.5 Å². The van der Waals surface area contributed by atoms with Crippen LogP contribution < -0.4 is 9.47 Å². The van der Waals surface area contributed by atoms with Crippen LogP contribution >= 0.6 is 0 Å². The van der Waals surface area contributed by atoms with Gasteiger partial charge in [-0.2, -0.15) is 0 Å². The topological polar surface area (TPSA) is 31.4 Å². The minimum Gasteiger partial charge on any atom is -0.495 e. The molecule has 0 aliphatic heterocycles. The molecule has 0 aromatic carbocycles. The molecule has 1 heterocycles. The molecular formula is C11H15NO2. The molecule has 1 fully saturated rings. The second kappa shape index (κ2) is 3.86. The van der Waals surface area contributed by atoms with Crippen LogP contribution in [0.2, 0.25) is 0 Å². The summed E-state index contributed by atoms with van der Waals surface area (Å²) >= 11 is 0. The minimum absolute atomic E-state index is 0.411. The Morgan fingerprint density at radius 1 is 1.36 bits per heavy atom. The van der Waals surface area contributed by atoms with E-state index in [-0.39, 0.29) is 0 Å². The smallest absolute Gasteiger partial charge is 0.144 e. The standard InChI is InChI=1S/C11H15NO2/c1-3-9-10(13-2)6-12-7-11(9)14-8-4-5-8/h6-8H,3-5H2,1-2H3. The van der Waals surface area contributed by atoms with Crippen LogP contribution in [0.3, 0.4) is 0 Å². The van der Waals surface area contributed by atoms with Crippen LogP contribution in [0.1, 0.15) is 25.3 Å². The average molecular weight is 193 g/mol. The zero-order valence-electron chi connectivity index (χ0n) is 8.62. The molecule has 0 N–H and O–H groups in total. The van der Waals surface area contributed by atoms with Crippen LogP contribution in [0.4, 0.5) is 0 Å². The summed E-state index contributed by atoms with van der Waals surface area (Å²) in [7, 11) is 1.66. The van der Waals surface area contributed by atoms with Crippen LogP contribution in [-0.2, 0) is 6.42 Å². The molecule has 1 aromatic heterocycles. The van der Waals surface area contributed by atoms with Gasteiger partial charge in [-0.3, -0.25) is 4.98 Å². The van der Waals surface area contributed by atoms with E-state index >= 15 is 0 Å². The maximum absolute atomic E-state index is 5.75. The van der Waals surface area contributed by atoms with Gasteiger partial charge in [0.2, 0.25) is 0 Å². The van der Waals surface area contributed by atoms with E-state index < -0.39 is 0 Å². The van der Waals surface area contributed by atoms with E-state index in [2.05, 4.69) is 11.9 Å². The molecule has 0 spiro atoms. The zero-order chi connectivity index (χ0) is 9.97. The van der Waals surface area contributed by atoms with Gasteiger partial charge in [0.1, 0.15) is 11.5 Å². The van der Waals surface area contributed by atoms with Gasteiger partial charge in [-0.05, 0) is 19.3 Å². The number of rotatable bonds is 4. The van der Waals surface area contributed by atoms with Gasteiger partial charge in [0.15, 0.2) is 0 Å². The fraction of sp³-hybridized carbons (Fsp3) is 0.545. The van der Waals surface area contributed by atoms with Gasteiger partial charge < -0.3 is 9.47 Å². The number of aromatic nitrogens is 1. The van der Waals surface area contributed by atoms with Gasteiger partial charge in [-0.15, -0.1) is 0 Å². The van der Waals surface area contributed by atoms with Crippen LogP contribution in [0, 0.1) is 0 Å². The van der Waals surface area contributed by atoms with Crippen molar-refractivity contribution in [3.05, 3.63) is 18.0 Å². The van der Waals surface area contributed by atoms with Crippen LogP contribution in [0.15, 0.2) is 12.4 Å². The predicted octanol–water partition coefficient (Wildman–Crippen LogP) is 2.19. The van der Waals surface area contributed by atoms with Crippen molar-refractivity contribution in [2.45, 2.75) is 32.3 Å². The highest BCUT2D eigenvalue weighted by molar-refractivity contribution is 5.41. The highest BCUT2D eigenvalue weighted by Crippen LogP contribution is 2.32. The van der Waals surface area contributed by atoms with Crippen molar-refractivity contribution >= 4 is 0 Å². The van der Waals surface area contributed by atoms with Crippen LogP contribution in [0.5, 0.6) is 11.5 Å². The molecule has 2 rings (SSSR count). The number of methoxy groups -OCH3 is 1. The third-order valence-electron chi connectivity index (χ3n) is 2.37. The molecule has 3 nitrogen and oxygen atoms in total. The molecule has 0 saturated heterocycles. The first-order valence-corrected chi connectivity index (χ1v) is 5.02. The first kappa shape index (κ1) is 9.31. The van der Waals surface area contributed by atoms with Crippen molar-refractivity contribution in [2.75, 3.05) is 7.11 Å². The number of pyridine rings is 1. The second-order valence-electron chi connectivity index (χ2n) is 3.49. The fourth-order valence-electron chi connectivity index (χ4n) is 1.44. The fourth-order valence-corrected chi connectivity index (χ4v) is 1.44. The lowest BCUT2D eigenvalue weighted by atomic mass is 10.2. The summed E-state index contributed by atoms with van der Waals surface area (Å²) in [6, 6.07) is 0. The number of ether oxygens (including phenoxy) is 2. The SMILES string of the molecule is CCc1c(OC)cncc1OC1CC1. The van der Waals surface area contributed by atoms with Crippen LogP contribution in [-0.4, -0.2) is 18.2 Å². The highest BCUT2D eigenvalue weighted by atomic mass is 16.5. The Morgan fingerprint density at radius 2 is 2.07 bits per heavy atom. The summed E-state index contributed by atoms with van der Waals surface area (Å²) in [5.74, 6) is 1.71. The first-order valence-electron chi connectivity index (χ1n) is 5.02. The number of nitrogens with zero attached hydrogens (tertiary/aromatic N) is 1. The molecule has 0 amide bonds. The van der Waals surface area contributed by atoms with Gasteiger partial charge in [0, 0.05) is 5.56 Å². The van der Waals surface area contributed by atoms with Crippen molar-refractivity contribution in [1.29, 1.82) is 0 Å². The minimum atomic E-state index is 0.411. The molecule has 0 radical (unpaired) electrons. The molecule has 1 saturated carbocycles. The monoisotopic (exact) mass is 193 g/mol. The Labute approximate surface area is 84.1 Å². The maximum atomic E-state index is 5.75. The third-order valence-corrected chi connectivity index (χ3v) is 2.37. The van der Waals surface area contributed by atoms with Crippen LogP contribution in [0.25, 0.3) is 0 Å². The van der Waals surface area contributed by atoms with Crippen molar-refractivity contribution in [3.63, 3.8) is 0 Å². The van der Waals surface area contributed by atoms with E-state index in [1.807, 2.05) is 0 Å². The Bertz CT molecular complexity index is 321. The molecular weight excluding hydrogens is 178 g/mol. The van der Waals surface area contributed by atoms with E-state index in [1.54, 1.807) is 19.5 Å². The summed E-state index contributed by atoms with van der Waals surface area (Å²) in [5, 5.41) is 0. The summed E-state index contributed by atoms with van der Waals surface area (Å²) < 4.78 is 11.0. The van der Waals surface area contributed by atoms with Crippen molar-refractivity contribution < 1.29 is 9.47 Å². The average Bonchev–Trinajstić information content (AvgIpc) is 3.01. The second-order valence-corrected chi connectivity index (χ2v) is 3.49. The van der Waals surface area contributed by atoms with E-state index in [1.165, 1.54) is 12.8 Å². The van der Waals surface area contributed by atoms with E-state index in [0.717, 1.165) is 23.5 Å². The molecule has 14 heavy (non-hydrogen) atoms. The Hall–Kier alpha value is -1.25. The Kier molecular flexibility index (Phi) is 2.57. The van der Waals surface area contributed by atoms with Gasteiger partial charge in [0.25, 0.3) is 0 Å². The highest BCUT2D eigenvalue weighted by Gasteiger charge is 2.25. The van der Waals surface area contributed by atoms with Gasteiger partial charge in [0.05, 0.1) is 25.6 Å². The van der Waals surface area contributed by atoms with Gasteiger partial charge in [-0.25, -0.2) is 0 Å². The molecule has 0 atom stereocenters. The molecule has 1 aliphatic carbocycles. The van der Waals surface area contributed by atoms with E-state index in [9.17, 15) is 0 Å². The zero-order valence-corrected chi connectivity index (χ0v) is 8.62. The van der Waals surface area contributed by atoms with Gasteiger partial charge in [-0.1, -0.05) is 6.92 Å². The van der Waals surface area contributed by atoms with Crippen molar-refractivity contribution in [2.24, 2.45) is 0 Å². The molecule has 0 bridgehead atoms.